The molecule has 1 aliphatic heterocycles. The van der Waals surface area contributed by atoms with Crippen molar-refractivity contribution < 1.29 is 9.59 Å². The summed E-state index contributed by atoms with van der Waals surface area (Å²) < 4.78 is 0. The lowest BCUT2D eigenvalue weighted by molar-refractivity contribution is -0.117. The summed E-state index contributed by atoms with van der Waals surface area (Å²) in [4.78, 5) is 37.9. The molecule has 1 heterocycles. The first-order valence-electron chi connectivity index (χ1n) is 15.3. The minimum atomic E-state index is -0.197. The second kappa shape index (κ2) is 13.3. The maximum atomic E-state index is 14.1. The van der Waals surface area contributed by atoms with Crippen LogP contribution in [0.15, 0.2) is 66.7 Å². The third-order valence-electron chi connectivity index (χ3n) is 8.52. The van der Waals surface area contributed by atoms with E-state index in [4.69, 9.17) is 0 Å². The Morgan fingerprint density at radius 2 is 1.24 bits per heavy atom. The van der Waals surface area contributed by atoms with Gasteiger partial charge in [-0.05, 0) is 107 Å². The van der Waals surface area contributed by atoms with Crippen molar-refractivity contribution in [1.29, 1.82) is 0 Å². The summed E-state index contributed by atoms with van der Waals surface area (Å²) in [6, 6.07) is 22.1. The van der Waals surface area contributed by atoms with Crippen LogP contribution in [0.3, 0.4) is 0 Å². The first-order valence-corrected chi connectivity index (χ1v) is 15.3. The lowest BCUT2D eigenvalue weighted by Crippen LogP contribution is -2.47. The number of hydrogen-bond donors (Lipinski definition) is 0. The van der Waals surface area contributed by atoms with E-state index in [1.165, 1.54) is 0 Å². The van der Waals surface area contributed by atoms with Gasteiger partial charge in [0, 0.05) is 81.6 Å². The number of hydrogen-bond acceptors (Lipinski definition) is 5. The lowest BCUT2D eigenvalue weighted by atomic mass is 9.89. The minimum absolute atomic E-state index is 0.0133. The monoisotopic (exact) mass is 569 g/mol. The summed E-state index contributed by atoms with van der Waals surface area (Å²) in [5, 5.41) is 0. The quantitative estimate of drug-likeness (QED) is 0.264. The van der Waals surface area contributed by atoms with Crippen LogP contribution in [0, 0.1) is 0 Å². The molecule has 3 aromatic carbocycles. The van der Waals surface area contributed by atoms with Crippen LogP contribution >= 0.6 is 0 Å². The molecule has 0 fully saturated rings. The standard InChI is InChI=1S/C35H47N5O2/c1-9-37(10-2)29-17-19-30(20-18-29)40(26(6)41)33-23-25(5)39(35(42)27-13-15-28(16-14-27)36(7)8)34-24-31(21-22-32(33)34)38(11-3)12-4/h13-22,24-25,33H,9-12,23H2,1-8H3/t25-,33+/m1/s1. The first kappa shape index (κ1) is 30.9. The highest BCUT2D eigenvalue weighted by atomic mass is 16.2. The van der Waals surface area contributed by atoms with Crippen molar-refractivity contribution in [2.75, 3.05) is 64.8 Å². The van der Waals surface area contributed by atoms with Crippen LogP contribution in [0.2, 0.25) is 0 Å². The molecule has 0 aliphatic carbocycles. The fraction of sp³-hybridized carbons (Fsp3) is 0.429. The van der Waals surface area contributed by atoms with Crippen LogP contribution in [0.4, 0.5) is 28.4 Å². The van der Waals surface area contributed by atoms with Gasteiger partial charge in [0.2, 0.25) is 5.91 Å². The van der Waals surface area contributed by atoms with Crippen molar-refractivity contribution in [3.8, 4) is 0 Å². The molecule has 1 aliphatic rings. The average Bonchev–Trinajstić information content (AvgIpc) is 2.99. The highest BCUT2D eigenvalue weighted by Gasteiger charge is 2.38. The summed E-state index contributed by atoms with van der Waals surface area (Å²) in [6.45, 7) is 15.9. The molecule has 0 unspecified atom stereocenters. The minimum Gasteiger partial charge on any atom is -0.378 e. The molecule has 0 saturated heterocycles. The lowest BCUT2D eigenvalue weighted by Gasteiger charge is -2.44. The van der Waals surface area contributed by atoms with Gasteiger partial charge in [0.1, 0.15) is 0 Å². The summed E-state index contributed by atoms with van der Waals surface area (Å²) in [5.41, 5.74) is 6.65. The number of amides is 2. The fourth-order valence-corrected chi connectivity index (χ4v) is 6.19. The van der Waals surface area contributed by atoms with Gasteiger partial charge < -0.3 is 24.5 Å². The molecule has 0 spiro atoms. The number of anilines is 5. The zero-order valence-corrected chi connectivity index (χ0v) is 26.6. The molecule has 0 saturated carbocycles. The molecule has 224 valence electrons. The Balaban J connectivity index is 1.81. The smallest absolute Gasteiger partial charge is 0.258 e. The van der Waals surface area contributed by atoms with Gasteiger partial charge in [-0.3, -0.25) is 9.59 Å². The molecule has 0 N–H and O–H groups in total. The van der Waals surface area contributed by atoms with Crippen LogP contribution in [0.5, 0.6) is 0 Å². The number of fused-ring (bicyclic) bond motifs is 1. The molecule has 0 bridgehead atoms. The largest absolute Gasteiger partial charge is 0.378 e. The van der Waals surface area contributed by atoms with Crippen molar-refractivity contribution in [1.82, 2.24) is 0 Å². The van der Waals surface area contributed by atoms with E-state index < -0.39 is 0 Å². The van der Waals surface area contributed by atoms with Gasteiger partial charge in [-0.1, -0.05) is 6.07 Å². The van der Waals surface area contributed by atoms with Gasteiger partial charge in [-0.25, -0.2) is 0 Å². The number of carbonyl (C=O) groups excluding carboxylic acids is 2. The summed E-state index contributed by atoms with van der Waals surface area (Å²) >= 11 is 0. The third-order valence-corrected chi connectivity index (χ3v) is 8.52. The summed E-state index contributed by atoms with van der Waals surface area (Å²) in [5.74, 6) is -0.0391. The van der Waals surface area contributed by atoms with E-state index >= 15 is 0 Å². The highest BCUT2D eigenvalue weighted by molar-refractivity contribution is 6.08. The van der Waals surface area contributed by atoms with Crippen molar-refractivity contribution in [3.05, 3.63) is 77.9 Å². The van der Waals surface area contributed by atoms with Crippen molar-refractivity contribution in [2.45, 2.75) is 60.0 Å². The van der Waals surface area contributed by atoms with E-state index in [1.54, 1.807) is 6.92 Å². The topological polar surface area (TPSA) is 50.3 Å². The van der Waals surface area contributed by atoms with Crippen LogP contribution in [0.25, 0.3) is 0 Å². The van der Waals surface area contributed by atoms with Crippen molar-refractivity contribution in [2.24, 2.45) is 0 Å². The van der Waals surface area contributed by atoms with Crippen LogP contribution in [0.1, 0.15) is 69.9 Å². The van der Waals surface area contributed by atoms with Crippen molar-refractivity contribution >= 4 is 40.3 Å². The molecule has 0 aromatic heterocycles. The molecule has 7 nitrogen and oxygen atoms in total. The molecule has 2 amide bonds. The number of nitrogens with zero attached hydrogens (tertiary/aromatic N) is 5. The van der Waals surface area contributed by atoms with Gasteiger partial charge in [-0.2, -0.15) is 0 Å². The Hall–Kier alpha value is -4.00. The van der Waals surface area contributed by atoms with Gasteiger partial charge in [0.15, 0.2) is 0 Å². The Labute approximate surface area is 252 Å². The predicted molar refractivity (Wildman–Crippen MR) is 178 cm³/mol. The maximum Gasteiger partial charge on any atom is 0.258 e. The molecule has 7 heteroatoms. The Bertz CT molecular complexity index is 1360. The van der Waals surface area contributed by atoms with Crippen LogP contribution in [-0.2, 0) is 4.79 Å². The molecule has 3 aromatic rings. The van der Waals surface area contributed by atoms with Gasteiger partial charge in [0.05, 0.1) is 11.7 Å². The molecule has 42 heavy (non-hydrogen) atoms. The van der Waals surface area contributed by atoms with Gasteiger partial charge in [0.25, 0.3) is 5.91 Å². The second-order valence-corrected chi connectivity index (χ2v) is 11.2. The number of carbonyl (C=O) groups is 2. The molecule has 4 rings (SSSR count). The molecule has 0 radical (unpaired) electrons. The fourth-order valence-electron chi connectivity index (χ4n) is 6.19. The predicted octanol–water partition coefficient (Wildman–Crippen LogP) is 6.98. The van der Waals surface area contributed by atoms with E-state index in [9.17, 15) is 9.59 Å². The zero-order valence-electron chi connectivity index (χ0n) is 26.6. The van der Waals surface area contributed by atoms with Crippen LogP contribution < -0.4 is 24.5 Å². The van der Waals surface area contributed by atoms with Crippen molar-refractivity contribution in [3.63, 3.8) is 0 Å². The SMILES string of the molecule is CCN(CC)c1ccc(N(C(C)=O)[C@H]2C[C@@H](C)N(C(=O)c3ccc(N(C)C)cc3)c3cc(N(CC)CC)ccc32)cc1. The van der Waals surface area contributed by atoms with E-state index in [-0.39, 0.29) is 23.9 Å². The van der Waals surface area contributed by atoms with E-state index in [2.05, 4.69) is 74.8 Å². The van der Waals surface area contributed by atoms with Gasteiger partial charge >= 0.3 is 0 Å². The number of rotatable bonds is 10. The molecular weight excluding hydrogens is 522 g/mol. The summed E-state index contributed by atoms with van der Waals surface area (Å²) in [6.07, 6.45) is 0.635. The van der Waals surface area contributed by atoms with Crippen LogP contribution in [-0.4, -0.2) is 58.1 Å². The van der Waals surface area contributed by atoms with Gasteiger partial charge in [-0.15, -0.1) is 0 Å². The molecular formula is C35H47N5O2. The maximum absolute atomic E-state index is 14.1. The number of benzene rings is 3. The molecule has 2 atom stereocenters. The second-order valence-electron chi connectivity index (χ2n) is 11.2. The zero-order chi connectivity index (χ0) is 30.6. The van der Waals surface area contributed by atoms with E-state index in [1.807, 2.05) is 65.2 Å². The average molecular weight is 570 g/mol. The third kappa shape index (κ3) is 6.10. The Morgan fingerprint density at radius 1 is 0.738 bits per heavy atom. The Morgan fingerprint density at radius 3 is 1.76 bits per heavy atom. The van der Waals surface area contributed by atoms with E-state index in [0.29, 0.717) is 12.0 Å². The van der Waals surface area contributed by atoms with E-state index in [0.717, 1.165) is 60.2 Å². The highest BCUT2D eigenvalue weighted by Crippen LogP contribution is 2.44. The summed E-state index contributed by atoms with van der Waals surface area (Å²) in [7, 11) is 3.99. The normalized spacial score (nSPS) is 16.0. The first-order chi connectivity index (χ1) is 20.1. The Kier molecular flexibility index (Phi) is 9.81.